The minimum Gasteiger partial charge on any atom is -0.324 e. The summed E-state index contributed by atoms with van der Waals surface area (Å²) < 4.78 is 40.7. The first-order valence-corrected chi connectivity index (χ1v) is 7.66. The Balaban J connectivity index is 1.96. The quantitative estimate of drug-likeness (QED) is 0.767. The molecule has 3 aromatic rings. The number of carbonyl (C=O) groups is 1. The van der Waals surface area contributed by atoms with Crippen molar-refractivity contribution in [3.63, 3.8) is 0 Å². The molecule has 0 fully saturated rings. The Labute approximate surface area is 142 Å². The van der Waals surface area contributed by atoms with Crippen LogP contribution in [0.15, 0.2) is 42.5 Å². The van der Waals surface area contributed by atoms with Crippen LogP contribution in [-0.2, 0) is 17.5 Å². The van der Waals surface area contributed by atoms with E-state index in [1.807, 2.05) is 32.0 Å². The van der Waals surface area contributed by atoms with E-state index in [1.165, 1.54) is 12.1 Å². The number of hydrogen-bond donors (Lipinski definition) is 1. The lowest BCUT2D eigenvalue weighted by Crippen LogP contribution is -2.24. The minimum absolute atomic E-state index is 0.203. The zero-order valence-electron chi connectivity index (χ0n) is 13.7. The molecule has 1 aromatic heterocycles. The molecule has 25 heavy (non-hydrogen) atoms. The number of nitrogens with one attached hydrogen (secondary N) is 1. The summed E-state index contributed by atoms with van der Waals surface area (Å²) in [6.45, 7) is 3.19. The van der Waals surface area contributed by atoms with E-state index in [1.54, 1.807) is 12.1 Å². The van der Waals surface area contributed by atoms with E-state index in [9.17, 15) is 18.0 Å². The average molecular weight is 347 g/mol. The van der Waals surface area contributed by atoms with Gasteiger partial charge >= 0.3 is 6.18 Å². The van der Waals surface area contributed by atoms with E-state index in [0.29, 0.717) is 5.69 Å². The van der Waals surface area contributed by atoms with Gasteiger partial charge in [0.2, 0.25) is 11.7 Å². The number of hydrogen-bond acceptors (Lipinski definition) is 2. The van der Waals surface area contributed by atoms with Crippen LogP contribution >= 0.6 is 0 Å². The monoisotopic (exact) mass is 347 g/mol. The summed E-state index contributed by atoms with van der Waals surface area (Å²) >= 11 is 0. The summed E-state index contributed by atoms with van der Waals surface area (Å²) in [6, 6.07) is 11.7. The molecule has 0 aliphatic rings. The highest BCUT2D eigenvalue weighted by Crippen LogP contribution is 2.31. The largest absolute Gasteiger partial charge is 0.449 e. The Bertz CT molecular complexity index is 924. The fourth-order valence-corrected chi connectivity index (χ4v) is 2.79. The molecule has 4 nitrogen and oxygen atoms in total. The van der Waals surface area contributed by atoms with Crippen molar-refractivity contribution < 1.29 is 18.0 Å². The molecule has 130 valence electrons. The molecule has 0 spiro atoms. The van der Waals surface area contributed by atoms with Gasteiger partial charge in [-0.05, 0) is 37.1 Å². The summed E-state index contributed by atoms with van der Waals surface area (Å²) in [7, 11) is 0. The number of rotatable bonds is 3. The second kappa shape index (κ2) is 6.23. The maximum Gasteiger partial charge on any atom is 0.449 e. The first-order valence-electron chi connectivity index (χ1n) is 7.66. The SMILES string of the molecule is Cc1cccc(C)c1NC(=O)Cn1c(C(F)(F)F)nc2ccccc21. The molecule has 0 saturated heterocycles. The molecule has 0 bridgehead atoms. The van der Waals surface area contributed by atoms with E-state index in [-0.39, 0.29) is 11.0 Å². The number of anilines is 1. The maximum absolute atomic E-state index is 13.3. The fourth-order valence-electron chi connectivity index (χ4n) is 2.79. The highest BCUT2D eigenvalue weighted by atomic mass is 19.4. The summed E-state index contributed by atoms with van der Waals surface area (Å²) in [4.78, 5) is 16.0. The molecule has 2 aromatic carbocycles. The van der Waals surface area contributed by atoms with Crippen molar-refractivity contribution >= 4 is 22.6 Å². The normalized spacial score (nSPS) is 11.7. The maximum atomic E-state index is 13.3. The lowest BCUT2D eigenvalue weighted by molar-refractivity contribution is -0.147. The molecule has 3 rings (SSSR count). The van der Waals surface area contributed by atoms with Gasteiger partial charge in [0, 0.05) is 5.69 Å². The highest BCUT2D eigenvalue weighted by Gasteiger charge is 2.38. The number of nitrogens with zero attached hydrogens (tertiary/aromatic N) is 2. The lowest BCUT2D eigenvalue weighted by Gasteiger charge is -2.14. The summed E-state index contributed by atoms with van der Waals surface area (Å²) in [5.74, 6) is -1.61. The molecule has 0 radical (unpaired) electrons. The smallest absolute Gasteiger partial charge is 0.324 e. The number of aromatic nitrogens is 2. The van der Waals surface area contributed by atoms with Crippen molar-refractivity contribution in [3.05, 3.63) is 59.4 Å². The summed E-state index contributed by atoms with van der Waals surface area (Å²) in [6.07, 6.45) is -4.64. The van der Waals surface area contributed by atoms with Crippen molar-refractivity contribution in [2.75, 3.05) is 5.32 Å². The van der Waals surface area contributed by atoms with Crippen LogP contribution in [0.2, 0.25) is 0 Å². The summed E-state index contributed by atoms with van der Waals surface area (Å²) in [5.41, 5.74) is 2.78. The van der Waals surface area contributed by atoms with E-state index in [0.717, 1.165) is 15.7 Å². The predicted molar refractivity (Wildman–Crippen MR) is 89.3 cm³/mol. The summed E-state index contributed by atoms with van der Waals surface area (Å²) in [5, 5.41) is 2.71. The highest BCUT2D eigenvalue weighted by molar-refractivity contribution is 5.93. The Morgan fingerprint density at radius 3 is 2.36 bits per heavy atom. The molecule has 0 saturated carbocycles. The molecular weight excluding hydrogens is 331 g/mol. The van der Waals surface area contributed by atoms with E-state index in [4.69, 9.17) is 0 Å². The zero-order chi connectivity index (χ0) is 18.2. The number of para-hydroxylation sites is 3. The van der Waals surface area contributed by atoms with Crippen LogP contribution in [0, 0.1) is 13.8 Å². The Morgan fingerprint density at radius 2 is 1.72 bits per heavy atom. The van der Waals surface area contributed by atoms with Crippen molar-refractivity contribution in [2.45, 2.75) is 26.6 Å². The van der Waals surface area contributed by atoms with Gasteiger partial charge in [-0.2, -0.15) is 13.2 Å². The number of alkyl halides is 3. The molecule has 1 heterocycles. The van der Waals surface area contributed by atoms with Crippen LogP contribution in [0.25, 0.3) is 11.0 Å². The lowest BCUT2D eigenvalue weighted by atomic mass is 10.1. The third-order valence-electron chi connectivity index (χ3n) is 3.96. The van der Waals surface area contributed by atoms with Gasteiger partial charge in [0.1, 0.15) is 6.54 Å². The second-order valence-corrected chi connectivity index (χ2v) is 5.82. The number of carbonyl (C=O) groups excluding carboxylic acids is 1. The molecule has 0 unspecified atom stereocenters. The topological polar surface area (TPSA) is 46.9 Å². The van der Waals surface area contributed by atoms with Crippen LogP contribution in [0.4, 0.5) is 18.9 Å². The molecule has 0 aliphatic carbocycles. The van der Waals surface area contributed by atoms with E-state index < -0.39 is 24.5 Å². The van der Waals surface area contributed by atoms with Gasteiger partial charge in [-0.25, -0.2) is 4.98 Å². The third-order valence-corrected chi connectivity index (χ3v) is 3.96. The Kier molecular flexibility index (Phi) is 4.24. The Hall–Kier alpha value is -2.83. The van der Waals surface area contributed by atoms with Crippen molar-refractivity contribution in [1.82, 2.24) is 9.55 Å². The number of imidazole rings is 1. The number of amides is 1. The van der Waals surface area contributed by atoms with Crippen LogP contribution in [0.1, 0.15) is 17.0 Å². The molecule has 1 N–H and O–H groups in total. The number of halogens is 3. The van der Waals surface area contributed by atoms with E-state index >= 15 is 0 Å². The van der Waals surface area contributed by atoms with Crippen LogP contribution in [0.5, 0.6) is 0 Å². The van der Waals surface area contributed by atoms with Gasteiger partial charge in [-0.3, -0.25) is 4.79 Å². The van der Waals surface area contributed by atoms with Gasteiger partial charge < -0.3 is 9.88 Å². The molecule has 0 atom stereocenters. The van der Waals surface area contributed by atoms with Crippen molar-refractivity contribution in [3.8, 4) is 0 Å². The van der Waals surface area contributed by atoms with Crippen molar-refractivity contribution in [1.29, 1.82) is 0 Å². The first-order chi connectivity index (χ1) is 11.8. The standard InChI is InChI=1S/C18H16F3N3O/c1-11-6-5-7-12(2)16(11)23-15(25)10-24-14-9-4-3-8-13(14)22-17(24)18(19,20)21/h3-9H,10H2,1-2H3,(H,23,25). The molecule has 0 aliphatic heterocycles. The Morgan fingerprint density at radius 1 is 1.08 bits per heavy atom. The zero-order valence-corrected chi connectivity index (χ0v) is 13.7. The minimum atomic E-state index is -4.64. The second-order valence-electron chi connectivity index (χ2n) is 5.82. The van der Waals surface area contributed by atoms with Gasteiger partial charge in [0.25, 0.3) is 0 Å². The molecule has 1 amide bonds. The van der Waals surface area contributed by atoms with Gasteiger partial charge in [-0.1, -0.05) is 30.3 Å². The van der Waals surface area contributed by atoms with Crippen LogP contribution in [0.3, 0.4) is 0 Å². The first kappa shape index (κ1) is 17.0. The predicted octanol–water partition coefficient (Wildman–Crippen LogP) is 4.31. The number of fused-ring (bicyclic) bond motifs is 1. The number of aryl methyl sites for hydroxylation is 2. The van der Waals surface area contributed by atoms with Gasteiger partial charge in [0.05, 0.1) is 11.0 Å². The average Bonchev–Trinajstić information content (AvgIpc) is 2.90. The number of benzene rings is 2. The van der Waals surface area contributed by atoms with Crippen molar-refractivity contribution in [2.24, 2.45) is 0 Å². The molecular formula is C18H16F3N3O. The van der Waals surface area contributed by atoms with E-state index in [2.05, 4.69) is 10.3 Å². The molecule has 7 heteroatoms. The van der Waals surface area contributed by atoms with Crippen LogP contribution < -0.4 is 5.32 Å². The third kappa shape index (κ3) is 3.35. The van der Waals surface area contributed by atoms with Crippen LogP contribution in [-0.4, -0.2) is 15.5 Å². The van der Waals surface area contributed by atoms with Gasteiger partial charge in [0.15, 0.2) is 0 Å². The fraction of sp³-hybridized carbons (Fsp3) is 0.222. The van der Waals surface area contributed by atoms with Gasteiger partial charge in [-0.15, -0.1) is 0 Å².